The van der Waals surface area contributed by atoms with Crippen LogP contribution in [0.4, 0.5) is 11.4 Å². The number of aromatic nitrogens is 1. The van der Waals surface area contributed by atoms with Crippen molar-refractivity contribution in [2.75, 3.05) is 11.1 Å². The molecule has 1 unspecified atom stereocenters. The van der Waals surface area contributed by atoms with E-state index < -0.39 is 21.2 Å². The maximum atomic E-state index is 13.5. The Labute approximate surface area is 216 Å². The molecule has 4 rings (SSSR count). The van der Waals surface area contributed by atoms with Gasteiger partial charge in [-0.05, 0) is 58.2 Å². The highest BCUT2D eigenvalue weighted by atomic mass is 32.2. The zero-order valence-corrected chi connectivity index (χ0v) is 20.8. The molecule has 0 aliphatic carbocycles. The van der Waals surface area contributed by atoms with Crippen LogP contribution in [0, 0.1) is 0 Å². The Kier molecular flexibility index (Phi) is 7.71. The molecular weight excluding hydrogens is 486 g/mol. The number of nitrogens with one attached hydrogen (secondary N) is 1. The SMILES string of the molecule is C=CC(c1ccc(-c2ccccc2)cc1CO)S(=O)(=O)n1ccc(/C=C/C(=O)Nc2ccccc2N)c1. The van der Waals surface area contributed by atoms with Crippen LogP contribution in [0.25, 0.3) is 17.2 Å². The Morgan fingerprint density at radius 3 is 2.46 bits per heavy atom. The normalized spacial score (nSPS) is 12.4. The molecule has 0 fully saturated rings. The molecule has 188 valence electrons. The number of anilines is 2. The molecule has 7 nitrogen and oxygen atoms in total. The summed E-state index contributed by atoms with van der Waals surface area (Å²) in [5, 5.41) is 11.6. The van der Waals surface area contributed by atoms with Crippen LogP contribution in [-0.2, 0) is 21.4 Å². The van der Waals surface area contributed by atoms with Crippen molar-refractivity contribution in [2.24, 2.45) is 0 Å². The van der Waals surface area contributed by atoms with Crippen molar-refractivity contribution < 1.29 is 18.3 Å². The summed E-state index contributed by atoms with van der Waals surface area (Å²) in [4.78, 5) is 12.3. The molecule has 0 bridgehead atoms. The summed E-state index contributed by atoms with van der Waals surface area (Å²) in [6.07, 6.45) is 6.99. The largest absolute Gasteiger partial charge is 0.397 e. The first kappa shape index (κ1) is 25.7. The first-order valence-corrected chi connectivity index (χ1v) is 13.0. The van der Waals surface area contributed by atoms with Gasteiger partial charge in [0, 0.05) is 18.5 Å². The molecule has 0 radical (unpaired) electrons. The smallest absolute Gasteiger partial charge is 0.249 e. The first-order valence-electron chi connectivity index (χ1n) is 11.5. The lowest BCUT2D eigenvalue weighted by atomic mass is 9.97. The standard InChI is InChI=1S/C29H27N3O4S/c1-2-28(25-14-13-23(18-24(25)20-33)22-8-4-3-5-9-22)37(35,36)32-17-16-21(19-32)12-15-29(34)31-27-11-7-6-10-26(27)30/h2-19,28,33H,1,20,30H2,(H,31,34)/b15-12+. The molecule has 0 saturated heterocycles. The lowest BCUT2D eigenvalue weighted by Crippen LogP contribution is -2.19. The highest BCUT2D eigenvalue weighted by Gasteiger charge is 2.28. The van der Waals surface area contributed by atoms with Gasteiger partial charge in [0.15, 0.2) is 0 Å². The molecule has 0 saturated carbocycles. The molecule has 1 atom stereocenters. The second-order valence-electron chi connectivity index (χ2n) is 8.32. The van der Waals surface area contributed by atoms with E-state index in [0.29, 0.717) is 28.1 Å². The van der Waals surface area contributed by atoms with E-state index in [2.05, 4.69) is 11.9 Å². The van der Waals surface area contributed by atoms with Gasteiger partial charge in [0.1, 0.15) is 5.25 Å². The van der Waals surface area contributed by atoms with Gasteiger partial charge < -0.3 is 16.2 Å². The average Bonchev–Trinajstić information content (AvgIpc) is 3.40. The number of rotatable bonds is 9. The fourth-order valence-electron chi connectivity index (χ4n) is 3.98. The number of aliphatic hydroxyl groups is 1. The summed E-state index contributed by atoms with van der Waals surface area (Å²) in [5.74, 6) is -0.399. The van der Waals surface area contributed by atoms with Crippen LogP contribution in [0.1, 0.15) is 21.9 Å². The highest BCUT2D eigenvalue weighted by Crippen LogP contribution is 2.32. The van der Waals surface area contributed by atoms with Gasteiger partial charge in [-0.2, -0.15) is 0 Å². The van der Waals surface area contributed by atoms with Crippen molar-refractivity contribution in [3.63, 3.8) is 0 Å². The van der Waals surface area contributed by atoms with Gasteiger partial charge >= 0.3 is 0 Å². The van der Waals surface area contributed by atoms with Gasteiger partial charge in [-0.15, -0.1) is 6.58 Å². The van der Waals surface area contributed by atoms with Crippen molar-refractivity contribution in [2.45, 2.75) is 11.9 Å². The van der Waals surface area contributed by atoms with Crippen LogP contribution in [0.5, 0.6) is 0 Å². The number of nitrogens with zero attached hydrogens (tertiary/aromatic N) is 1. The van der Waals surface area contributed by atoms with Crippen molar-refractivity contribution >= 4 is 33.4 Å². The maximum absolute atomic E-state index is 13.5. The predicted molar refractivity (Wildman–Crippen MR) is 148 cm³/mol. The average molecular weight is 514 g/mol. The third kappa shape index (κ3) is 5.72. The van der Waals surface area contributed by atoms with Gasteiger partial charge in [0.05, 0.1) is 18.0 Å². The van der Waals surface area contributed by atoms with Crippen molar-refractivity contribution in [3.05, 3.63) is 127 Å². The van der Waals surface area contributed by atoms with Crippen LogP contribution in [0.2, 0.25) is 0 Å². The molecule has 1 heterocycles. The molecule has 3 aromatic carbocycles. The summed E-state index contributed by atoms with van der Waals surface area (Å²) >= 11 is 0. The van der Waals surface area contributed by atoms with E-state index in [9.17, 15) is 18.3 Å². The number of nitrogen functional groups attached to an aromatic ring is 1. The second-order valence-corrected chi connectivity index (χ2v) is 10.3. The molecule has 8 heteroatoms. The van der Waals surface area contributed by atoms with Crippen LogP contribution in [0.15, 0.2) is 110 Å². The summed E-state index contributed by atoms with van der Waals surface area (Å²) < 4.78 is 28.1. The first-order chi connectivity index (χ1) is 17.8. The third-order valence-electron chi connectivity index (χ3n) is 5.89. The number of carbonyl (C=O) groups is 1. The van der Waals surface area contributed by atoms with Gasteiger partial charge in [-0.3, -0.25) is 8.77 Å². The number of amides is 1. The van der Waals surface area contributed by atoms with E-state index in [1.807, 2.05) is 36.4 Å². The lowest BCUT2D eigenvalue weighted by Gasteiger charge is -2.19. The summed E-state index contributed by atoms with van der Waals surface area (Å²) in [7, 11) is -3.95. The van der Waals surface area contributed by atoms with Crippen LogP contribution in [0.3, 0.4) is 0 Å². The van der Waals surface area contributed by atoms with E-state index in [4.69, 9.17) is 5.73 Å². The number of benzene rings is 3. The van der Waals surface area contributed by atoms with Crippen molar-refractivity contribution in [1.82, 2.24) is 3.97 Å². The number of hydrogen-bond acceptors (Lipinski definition) is 5. The van der Waals surface area contributed by atoms with E-state index >= 15 is 0 Å². The topological polar surface area (TPSA) is 114 Å². The Morgan fingerprint density at radius 2 is 1.76 bits per heavy atom. The van der Waals surface area contributed by atoms with Gasteiger partial charge in [-0.25, -0.2) is 8.42 Å². The van der Waals surface area contributed by atoms with E-state index in [1.54, 1.807) is 42.5 Å². The summed E-state index contributed by atoms with van der Waals surface area (Å²) in [6.45, 7) is 3.42. The number of carbonyl (C=O) groups excluding carboxylic acids is 1. The third-order valence-corrected chi connectivity index (χ3v) is 7.79. The molecule has 4 aromatic rings. The Balaban J connectivity index is 1.56. The quantitative estimate of drug-likeness (QED) is 0.166. The lowest BCUT2D eigenvalue weighted by molar-refractivity contribution is -0.111. The zero-order valence-electron chi connectivity index (χ0n) is 20.0. The summed E-state index contributed by atoms with van der Waals surface area (Å²) in [6, 6.07) is 23.4. The van der Waals surface area contributed by atoms with Crippen LogP contribution >= 0.6 is 0 Å². The van der Waals surface area contributed by atoms with E-state index in [-0.39, 0.29) is 6.61 Å². The minimum atomic E-state index is -3.95. The monoisotopic (exact) mass is 513 g/mol. The molecule has 37 heavy (non-hydrogen) atoms. The van der Waals surface area contributed by atoms with Gasteiger partial charge in [-0.1, -0.05) is 60.7 Å². The molecule has 0 aliphatic heterocycles. The van der Waals surface area contributed by atoms with Crippen LogP contribution < -0.4 is 11.1 Å². The number of aliphatic hydroxyl groups excluding tert-OH is 1. The number of nitrogens with two attached hydrogens (primary N) is 1. The molecule has 0 aliphatic rings. The molecule has 1 aromatic heterocycles. The highest BCUT2D eigenvalue weighted by molar-refractivity contribution is 7.90. The Bertz CT molecular complexity index is 1560. The fourth-order valence-corrected chi connectivity index (χ4v) is 5.53. The fraction of sp³-hybridized carbons (Fsp3) is 0.0690. The second kappa shape index (κ2) is 11.1. The minimum absolute atomic E-state index is 0.323. The molecular formula is C29H27N3O4S. The van der Waals surface area contributed by atoms with Crippen LogP contribution in [-0.4, -0.2) is 23.4 Å². The van der Waals surface area contributed by atoms with E-state index in [0.717, 1.165) is 15.1 Å². The van der Waals surface area contributed by atoms with Gasteiger partial charge in [0.25, 0.3) is 0 Å². The summed E-state index contributed by atoms with van der Waals surface area (Å²) in [5.41, 5.74) is 10.1. The van der Waals surface area contributed by atoms with Gasteiger partial charge in [0.2, 0.25) is 15.9 Å². The predicted octanol–water partition coefficient (Wildman–Crippen LogP) is 4.99. The van der Waals surface area contributed by atoms with E-state index in [1.165, 1.54) is 30.6 Å². The molecule has 4 N–H and O–H groups in total. The molecule has 0 spiro atoms. The maximum Gasteiger partial charge on any atom is 0.249 e. The Morgan fingerprint density at radius 1 is 1.03 bits per heavy atom. The van der Waals surface area contributed by atoms with Crippen molar-refractivity contribution in [1.29, 1.82) is 0 Å². The zero-order chi connectivity index (χ0) is 26.4. The number of hydrogen-bond donors (Lipinski definition) is 3. The minimum Gasteiger partial charge on any atom is -0.397 e. The number of para-hydroxylation sites is 2. The van der Waals surface area contributed by atoms with Crippen molar-refractivity contribution in [3.8, 4) is 11.1 Å². The Hall–Kier alpha value is -4.40. The molecule has 1 amide bonds.